The van der Waals surface area contributed by atoms with Gasteiger partial charge in [-0.25, -0.2) is 0 Å². The van der Waals surface area contributed by atoms with Crippen LogP contribution in [0, 0.1) is 5.41 Å². The monoisotopic (exact) mass is 207 g/mol. The van der Waals surface area contributed by atoms with E-state index >= 15 is 0 Å². The van der Waals surface area contributed by atoms with Gasteiger partial charge in [0, 0.05) is 6.42 Å². The number of ketones is 1. The summed E-state index contributed by atoms with van der Waals surface area (Å²) in [6, 6.07) is 0. The van der Waals surface area contributed by atoms with E-state index in [0.29, 0.717) is 6.42 Å². The second kappa shape index (κ2) is 4.10. The zero-order valence-corrected chi connectivity index (χ0v) is 9.28. The van der Waals surface area contributed by atoms with Gasteiger partial charge in [-0.2, -0.15) is 0 Å². The van der Waals surface area contributed by atoms with Gasteiger partial charge in [-0.3, -0.25) is 4.79 Å². The average molecular weight is 207 g/mol. The molecule has 1 N–H and O–H groups in total. The van der Waals surface area contributed by atoms with Crippen LogP contribution in [-0.4, -0.2) is 35.8 Å². The summed E-state index contributed by atoms with van der Waals surface area (Å²) in [5.74, 6) is 0.263. The van der Waals surface area contributed by atoms with Crippen LogP contribution in [0.2, 0.25) is 6.82 Å². The molecule has 0 aromatic rings. The lowest BCUT2D eigenvalue weighted by molar-refractivity contribution is -0.115. The molecule has 1 aliphatic carbocycles. The molecule has 1 spiro atoms. The average Bonchev–Trinajstić information content (AvgIpc) is 2.24. The topological polar surface area (TPSA) is 40.5 Å². The molecule has 4 heteroatoms. The van der Waals surface area contributed by atoms with Gasteiger partial charge in [-0.1, -0.05) is 6.08 Å². The molecule has 0 saturated carbocycles. The highest BCUT2D eigenvalue weighted by atomic mass is 16.2. The van der Waals surface area contributed by atoms with Crippen LogP contribution < -0.4 is 0 Å². The van der Waals surface area contributed by atoms with Gasteiger partial charge in [0.15, 0.2) is 5.78 Å². The van der Waals surface area contributed by atoms with Gasteiger partial charge in [0.05, 0.1) is 0 Å². The van der Waals surface area contributed by atoms with Crippen LogP contribution in [-0.2, 0) is 4.79 Å². The van der Waals surface area contributed by atoms with E-state index in [0.717, 1.165) is 32.4 Å². The summed E-state index contributed by atoms with van der Waals surface area (Å²) >= 11 is 0. The Morgan fingerprint density at radius 3 is 2.53 bits per heavy atom. The Balaban J connectivity index is 1.98. The summed E-state index contributed by atoms with van der Waals surface area (Å²) in [6.45, 7) is 3.70. The summed E-state index contributed by atoms with van der Waals surface area (Å²) < 4.78 is 0. The second-order valence-corrected chi connectivity index (χ2v) is 4.83. The molecule has 2 rings (SSSR count). The Morgan fingerprint density at radius 2 is 2.07 bits per heavy atom. The molecule has 15 heavy (non-hydrogen) atoms. The number of rotatable bonds is 1. The van der Waals surface area contributed by atoms with Crippen molar-refractivity contribution in [1.29, 1.82) is 0 Å². The lowest BCUT2D eigenvalue weighted by Crippen LogP contribution is -2.46. The maximum atomic E-state index is 11.1. The molecule has 3 nitrogen and oxygen atoms in total. The second-order valence-electron chi connectivity index (χ2n) is 4.83. The van der Waals surface area contributed by atoms with E-state index in [1.54, 1.807) is 6.08 Å². The van der Waals surface area contributed by atoms with Gasteiger partial charge in [0.1, 0.15) is 0 Å². The van der Waals surface area contributed by atoms with Crippen LogP contribution >= 0.6 is 0 Å². The Kier molecular flexibility index (Phi) is 2.98. The Labute approximate surface area is 91.3 Å². The van der Waals surface area contributed by atoms with Crippen molar-refractivity contribution in [3.8, 4) is 0 Å². The van der Waals surface area contributed by atoms with Gasteiger partial charge in [-0.05, 0) is 50.7 Å². The van der Waals surface area contributed by atoms with Crippen LogP contribution in [0.4, 0.5) is 0 Å². The van der Waals surface area contributed by atoms with Gasteiger partial charge >= 0.3 is 7.05 Å². The lowest BCUT2D eigenvalue weighted by Gasteiger charge is -2.41. The molecule has 0 bridgehead atoms. The van der Waals surface area contributed by atoms with Crippen molar-refractivity contribution in [2.45, 2.75) is 32.5 Å². The van der Waals surface area contributed by atoms with Crippen molar-refractivity contribution < 1.29 is 9.82 Å². The van der Waals surface area contributed by atoms with Crippen molar-refractivity contribution >= 4 is 12.8 Å². The lowest BCUT2D eigenvalue weighted by atomic mass is 9.69. The van der Waals surface area contributed by atoms with E-state index in [2.05, 4.69) is 10.9 Å². The molecule has 2 aliphatic rings. The summed E-state index contributed by atoms with van der Waals surface area (Å²) in [4.78, 5) is 13.2. The molecule has 0 unspecified atom stereocenters. The predicted molar refractivity (Wildman–Crippen MR) is 60.5 cm³/mol. The number of carbonyl (C=O) groups excluding carboxylic acids is 1. The first kappa shape index (κ1) is 10.9. The zero-order chi connectivity index (χ0) is 10.9. The predicted octanol–water partition coefficient (Wildman–Crippen LogP) is 1.10. The molecular formula is C11H18BNO2. The van der Waals surface area contributed by atoms with Crippen molar-refractivity contribution in [3.63, 3.8) is 0 Å². The van der Waals surface area contributed by atoms with E-state index in [9.17, 15) is 9.82 Å². The molecule has 0 atom stereocenters. The van der Waals surface area contributed by atoms with Crippen LogP contribution in [0.1, 0.15) is 25.7 Å². The minimum Gasteiger partial charge on any atom is -0.437 e. The quantitative estimate of drug-likeness (QED) is 0.654. The van der Waals surface area contributed by atoms with Gasteiger partial charge in [0.25, 0.3) is 0 Å². The first-order valence-corrected chi connectivity index (χ1v) is 5.76. The standard InChI is InChI=1S/C11H18BNO2/c1-12(15)13-8-6-11(7-9-13)4-2-10(14)3-5-11/h2,4,15H,3,5-9H2,1H3. The largest absolute Gasteiger partial charge is 0.437 e. The molecule has 0 aromatic heterocycles. The number of nitrogens with zero attached hydrogens (tertiary/aromatic N) is 1. The first-order chi connectivity index (χ1) is 7.11. The highest BCUT2D eigenvalue weighted by Crippen LogP contribution is 2.39. The van der Waals surface area contributed by atoms with Gasteiger partial charge in [0.2, 0.25) is 0 Å². The van der Waals surface area contributed by atoms with E-state index in [1.807, 2.05) is 6.82 Å². The normalized spacial score (nSPS) is 25.9. The van der Waals surface area contributed by atoms with Crippen LogP contribution in [0.5, 0.6) is 0 Å². The van der Waals surface area contributed by atoms with Crippen LogP contribution in [0.3, 0.4) is 0 Å². The molecule has 0 radical (unpaired) electrons. The van der Waals surface area contributed by atoms with E-state index < -0.39 is 0 Å². The van der Waals surface area contributed by atoms with E-state index in [1.165, 1.54) is 0 Å². The van der Waals surface area contributed by atoms with Crippen LogP contribution in [0.25, 0.3) is 0 Å². The number of allylic oxidation sites excluding steroid dienone is 2. The van der Waals surface area contributed by atoms with Crippen molar-refractivity contribution in [1.82, 2.24) is 4.81 Å². The minimum atomic E-state index is -0.337. The van der Waals surface area contributed by atoms with Crippen molar-refractivity contribution in [2.24, 2.45) is 5.41 Å². The summed E-state index contributed by atoms with van der Waals surface area (Å²) in [5.41, 5.74) is 0.249. The van der Waals surface area contributed by atoms with E-state index in [4.69, 9.17) is 0 Å². The molecule has 1 heterocycles. The van der Waals surface area contributed by atoms with Crippen LogP contribution in [0.15, 0.2) is 12.2 Å². The number of hydrogen-bond acceptors (Lipinski definition) is 3. The SMILES string of the molecule is CB(O)N1CCC2(C=CC(=O)CC2)CC1. The Bertz CT molecular complexity index is 280. The molecule has 1 fully saturated rings. The summed E-state index contributed by atoms with van der Waals surface area (Å²) in [5, 5.41) is 9.46. The van der Waals surface area contributed by atoms with Crippen molar-refractivity contribution in [2.75, 3.05) is 13.1 Å². The van der Waals surface area contributed by atoms with Gasteiger partial charge in [-0.15, -0.1) is 0 Å². The van der Waals surface area contributed by atoms with Crippen molar-refractivity contribution in [3.05, 3.63) is 12.2 Å². The number of carbonyl (C=O) groups is 1. The molecule has 1 aliphatic heterocycles. The maximum absolute atomic E-state index is 11.1. The fourth-order valence-electron chi connectivity index (χ4n) is 2.57. The maximum Gasteiger partial charge on any atom is 0.376 e. The van der Waals surface area contributed by atoms with Gasteiger partial charge < -0.3 is 9.83 Å². The highest BCUT2D eigenvalue weighted by Gasteiger charge is 2.35. The Hall–Kier alpha value is -0.605. The smallest absolute Gasteiger partial charge is 0.376 e. The fourth-order valence-corrected chi connectivity index (χ4v) is 2.57. The first-order valence-electron chi connectivity index (χ1n) is 5.76. The molecule has 82 valence electrons. The van der Waals surface area contributed by atoms with E-state index in [-0.39, 0.29) is 18.2 Å². The fraction of sp³-hybridized carbons (Fsp3) is 0.727. The molecule has 0 aromatic carbocycles. The molecule has 0 amide bonds. The number of piperidine rings is 1. The summed E-state index contributed by atoms with van der Waals surface area (Å²) in [7, 11) is -0.337. The number of hydrogen-bond donors (Lipinski definition) is 1. The zero-order valence-electron chi connectivity index (χ0n) is 9.28. The molecular weight excluding hydrogens is 189 g/mol. The molecule has 1 saturated heterocycles. The summed E-state index contributed by atoms with van der Waals surface area (Å²) in [6.07, 6.45) is 7.70. The third kappa shape index (κ3) is 2.32. The third-order valence-electron chi connectivity index (χ3n) is 3.81. The third-order valence-corrected chi connectivity index (χ3v) is 3.81. The highest BCUT2D eigenvalue weighted by molar-refractivity contribution is 6.45. The Morgan fingerprint density at radius 1 is 1.40 bits per heavy atom. The minimum absolute atomic E-state index is 0.249.